The summed E-state index contributed by atoms with van der Waals surface area (Å²) < 4.78 is 11.9. The van der Waals surface area contributed by atoms with Crippen LogP contribution < -0.4 is 10.5 Å². The number of carbonyl (C=O) groups excluding carboxylic acids is 1. The fourth-order valence-electron chi connectivity index (χ4n) is 4.35. The molecule has 0 radical (unpaired) electrons. The molecule has 0 amide bonds. The van der Waals surface area contributed by atoms with Crippen LogP contribution in [0.2, 0.25) is 0 Å². The number of phenolic OH excluding ortho intramolecular Hbond substituents is 6. The lowest BCUT2D eigenvalue weighted by atomic mass is 9.92. The summed E-state index contributed by atoms with van der Waals surface area (Å²) in [5.41, 5.74) is 7.47. The number of rotatable bonds is 8. The van der Waals surface area contributed by atoms with E-state index in [1.54, 1.807) is 0 Å². The van der Waals surface area contributed by atoms with Gasteiger partial charge in [-0.25, -0.2) is 4.79 Å². The number of aromatic hydroxyl groups is 6. The van der Waals surface area contributed by atoms with Gasteiger partial charge < -0.3 is 45.8 Å². The van der Waals surface area contributed by atoms with E-state index in [1.807, 2.05) is 18.2 Å². The van der Waals surface area contributed by atoms with Gasteiger partial charge in [-0.15, -0.1) is 0 Å². The summed E-state index contributed by atoms with van der Waals surface area (Å²) >= 11 is 0. The van der Waals surface area contributed by atoms with Crippen LogP contribution in [0.25, 0.3) is 0 Å². The van der Waals surface area contributed by atoms with Crippen LogP contribution in [-0.4, -0.2) is 49.3 Å². The summed E-state index contributed by atoms with van der Waals surface area (Å²) in [5.74, 6) is -4.36. The molecular formula is C27H29NO9. The van der Waals surface area contributed by atoms with E-state index in [1.165, 1.54) is 12.1 Å². The van der Waals surface area contributed by atoms with Gasteiger partial charge in [0.1, 0.15) is 11.9 Å². The third-order valence-electron chi connectivity index (χ3n) is 6.29. The SMILES string of the molecule is NCCCCCc1ccc2c(c1)C[C@H](OC(=O)c1cc(O)c(O)c(O)c1)[C@H](c1cc(O)c(O)c(O)c1)O2. The Hall–Kier alpha value is -4.31. The first-order valence-corrected chi connectivity index (χ1v) is 11.9. The molecular weight excluding hydrogens is 482 g/mol. The molecule has 3 aromatic carbocycles. The fraction of sp³-hybridized carbons (Fsp3) is 0.296. The largest absolute Gasteiger partial charge is 0.504 e. The predicted molar refractivity (Wildman–Crippen MR) is 132 cm³/mol. The van der Waals surface area contributed by atoms with E-state index in [0.29, 0.717) is 12.3 Å². The third-order valence-corrected chi connectivity index (χ3v) is 6.29. The van der Waals surface area contributed by atoms with Crippen LogP contribution >= 0.6 is 0 Å². The van der Waals surface area contributed by atoms with E-state index in [9.17, 15) is 35.4 Å². The Morgan fingerprint density at radius 2 is 1.49 bits per heavy atom. The molecule has 0 aromatic heterocycles. The van der Waals surface area contributed by atoms with Crippen molar-refractivity contribution in [1.82, 2.24) is 0 Å². The molecule has 0 unspecified atom stereocenters. The Morgan fingerprint density at radius 3 is 2.11 bits per heavy atom. The summed E-state index contributed by atoms with van der Waals surface area (Å²) in [7, 11) is 0. The minimum atomic E-state index is -0.969. The van der Waals surface area contributed by atoms with Crippen molar-refractivity contribution in [2.75, 3.05) is 6.54 Å². The van der Waals surface area contributed by atoms with Crippen LogP contribution in [-0.2, 0) is 17.6 Å². The van der Waals surface area contributed by atoms with Crippen molar-refractivity contribution in [2.45, 2.75) is 44.3 Å². The number of benzene rings is 3. The molecule has 1 heterocycles. The maximum absolute atomic E-state index is 12.9. The number of hydrogen-bond acceptors (Lipinski definition) is 10. The Balaban J connectivity index is 1.65. The lowest BCUT2D eigenvalue weighted by molar-refractivity contribution is -0.0184. The fourth-order valence-corrected chi connectivity index (χ4v) is 4.35. The minimum absolute atomic E-state index is 0.206. The molecule has 0 aliphatic carbocycles. The quantitative estimate of drug-likeness (QED) is 0.134. The lowest BCUT2D eigenvalue weighted by Crippen LogP contribution is -2.34. The topological polar surface area (TPSA) is 183 Å². The highest BCUT2D eigenvalue weighted by molar-refractivity contribution is 5.91. The maximum Gasteiger partial charge on any atom is 0.338 e. The van der Waals surface area contributed by atoms with E-state index in [0.717, 1.165) is 48.9 Å². The molecule has 196 valence electrons. The van der Waals surface area contributed by atoms with Gasteiger partial charge in [0, 0.05) is 12.0 Å². The summed E-state index contributed by atoms with van der Waals surface area (Å²) in [5, 5.41) is 59.0. The monoisotopic (exact) mass is 511 g/mol. The molecule has 0 saturated heterocycles. The van der Waals surface area contributed by atoms with E-state index in [-0.39, 0.29) is 17.5 Å². The molecule has 10 nitrogen and oxygen atoms in total. The second-order valence-corrected chi connectivity index (χ2v) is 9.00. The van der Waals surface area contributed by atoms with Crippen LogP contribution in [0, 0.1) is 0 Å². The van der Waals surface area contributed by atoms with Gasteiger partial charge in [0.2, 0.25) is 0 Å². The van der Waals surface area contributed by atoms with Crippen molar-refractivity contribution in [3.8, 4) is 40.2 Å². The van der Waals surface area contributed by atoms with E-state index < -0.39 is 52.7 Å². The van der Waals surface area contributed by atoms with Gasteiger partial charge in [-0.3, -0.25) is 0 Å². The van der Waals surface area contributed by atoms with Crippen molar-refractivity contribution >= 4 is 5.97 Å². The number of fused-ring (bicyclic) bond motifs is 1. The summed E-state index contributed by atoms with van der Waals surface area (Å²) in [4.78, 5) is 12.9. The maximum atomic E-state index is 12.9. The molecule has 3 aromatic rings. The molecule has 4 rings (SSSR count). The average molecular weight is 512 g/mol. The highest BCUT2D eigenvalue weighted by atomic mass is 16.6. The van der Waals surface area contributed by atoms with Crippen LogP contribution in [0.4, 0.5) is 0 Å². The Morgan fingerprint density at radius 1 is 0.865 bits per heavy atom. The normalized spacial score (nSPS) is 16.6. The average Bonchev–Trinajstić information content (AvgIpc) is 2.87. The first-order chi connectivity index (χ1) is 17.7. The zero-order chi connectivity index (χ0) is 26.7. The Bertz CT molecular complexity index is 1260. The number of phenols is 6. The highest BCUT2D eigenvalue weighted by Gasteiger charge is 2.36. The molecule has 37 heavy (non-hydrogen) atoms. The van der Waals surface area contributed by atoms with Crippen LogP contribution in [0.3, 0.4) is 0 Å². The van der Waals surface area contributed by atoms with E-state index >= 15 is 0 Å². The van der Waals surface area contributed by atoms with Crippen molar-refractivity contribution in [3.63, 3.8) is 0 Å². The molecule has 0 saturated carbocycles. The van der Waals surface area contributed by atoms with Crippen LogP contribution in [0.15, 0.2) is 42.5 Å². The molecule has 1 aliphatic rings. The lowest BCUT2D eigenvalue weighted by Gasteiger charge is -2.34. The van der Waals surface area contributed by atoms with Gasteiger partial charge >= 0.3 is 5.97 Å². The van der Waals surface area contributed by atoms with Gasteiger partial charge in [0.25, 0.3) is 0 Å². The number of hydrogen-bond donors (Lipinski definition) is 7. The van der Waals surface area contributed by atoms with Gasteiger partial charge in [-0.1, -0.05) is 18.6 Å². The van der Waals surface area contributed by atoms with Gasteiger partial charge in [-0.05, 0) is 67.3 Å². The minimum Gasteiger partial charge on any atom is -0.504 e. The van der Waals surface area contributed by atoms with E-state index in [4.69, 9.17) is 15.2 Å². The summed E-state index contributed by atoms with van der Waals surface area (Å²) in [6, 6.07) is 10.1. The Kier molecular flexibility index (Phi) is 7.49. The van der Waals surface area contributed by atoms with Crippen LogP contribution in [0.1, 0.15) is 52.4 Å². The third kappa shape index (κ3) is 5.59. The first kappa shape index (κ1) is 25.8. The number of carbonyl (C=O) groups is 1. The smallest absolute Gasteiger partial charge is 0.338 e. The van der Waals surface area contributed by atoms with Gasteiger partial charge in [0.05, 0.1) is 5.56 Å². The second kappa shape index (κ2) is 10.8. The summed E-state index contributed by atoms with van der Waals surface area (Å²) in [6.45, 7) is 0.644. The number of unbranched alkanes of at least 4 members (excludes halogenated alkanes) is 2. The summed E-state index contributed by atoms with van der Waals surface area (Å²) in [6.07, 6.45) is 2.07. The van der Waals surface area contributed by atoms with Gasteiger partial charge in [0.15, 0.2) is 40.6 Å². The molecule has 0 fully saturated rings. The standard InChI is InChI=1S/C27H29NO9/c28-7-3-1-2-4-14-5-6-22-15(8-14)13-23(26(36-22)16-9-18(29)24(33)19(30)10-16)37-27(35)17-11-20(31)25(34)21(32)12-17/h5-6,8-12,23,26,29-34H,1-4,7,13,28H2/t23-,26-/m0/s1. The predicted octanol–water partition coefficient (Wildman–Crippen LogP) is 3.49. The molecule has 2 atom stereocenters. The molecule has 0 bridgehead atoms. The molecule has 1 aliphatic heterocycles. The Labute approximate surface area is 212 Å². The zero-order valence-electron chi connectivity index (χ0n) is 19.9. The van der Waals surface area contributed by atoms with Crippen molar-refractivity contribution in [1.29, 1.82) is 0 Å². The second-order valence-electron chi connectivity index (χ2n) is 9.00. The molecule has 0 spiro atoms. The number of ether oxygens (including phenoxy) is 2. The number of nitrogens with two attached hydrogens (primary N) is 1. The van der Waals surface area contributed by atoms with Crippen LogP contribution in [0.5, 0.6) is 40.2 Å². The number of aryl methyl sites for hydroxylation is 1. The van der Waals surface area contributed by atoms with Crippen molar-refractivity contribution in [2.24, 2.45) is 5.73 Å². The first-order valence-electron chi connectivity index (χ1n) is 11.9. The highest BCUT2D eigenvalue weighted by Crippen LogP contribution is 2.43. The number of esters is 1. The zero-order valence-corrected chi connectivity index (χ0v) is 19.9. The van der Waals surface area contributed by atoms with E-state index in [2.05, 4.69) is 0 Å². The molecule has 10 heteroatoms. The van der Waals surface area contributed by atoms with Gasteiger partial charge in [-0.2, -0.15) is 0 Å². The van der Waals surface area contributed by atoms with Crippen molar-refractivity contribution in [3.05, 3.63) is 64.7 Å². The van der Waals surface area contributed by atoms with Crippen molar-refractivity contribution < 1.29 is 44.9 Å². The molecule has 8 N–H and O–H groups in total.